The van der Waals surface area contributed by atoms with Crippen molar-refractivity contribution in [2.24, 2.45) is 5.73 Å². The summed E-state index contributed by atoms with van der Waals surface area (Å²) in [4.78, 5) is 36.9. The Kier molecular flexibility index (Phi) is 9.97. The molecule has 0 radical (unpaired) electrons. The quantitative estimate of drug-likeness (QED) is 0.201. The van der Waals surface area contributed by atoms with Crippen LogP contribution in [0, 0.1) is 0 Å². The lowest BCUT2D eigenvalue weighted by molar-refractivity contribution is -0.192. The molecule has 1 amide bonds. The molecule has 4 aromatic rings. The summed E-state index contributed by atoms with van der Waals surface area (Å²) >= 11 is 7.50. The maximum absolute atomic E-state index is 12.2. The van der Waals surface area contributed by atoms with E-state index < -0.39 is 36.2 Å². The fourth-order valence-corrected chi connectivity index (χ4v) is 4.71. The highest BCUT2D eigenvalue weighted by Gasteiger charge is 2.38. The van der Waals surface area contributed by atoms with Gasteiger partial charge in [0.2, 0.25) is 0 Å². The van der Waals surface area contributed by atoms with Gasteiger partial charge in [-0.3, -0.25) is 14.2 Å². The van der Waals surface area contributed by atoms with E-state index in [-0.39, 0.29) is 0 Å². The highest BCUT2D eigenvalue weighted by molar-refractivity contribution is 7.16. The van der Waals surface area contributed by atoms with Crippen LogP contribution in [0.2, 0.25) is 5.02 Å². The lowest BCUT2D eigenvalue weighted by atomic mass is 10.1. The summed E-state index contributed by atoms with van der Waals surface area (Å²) < 4.78 is 39.7. The molecule has 41 heavy (non-hydrogen) atoms. The number of carbonyl (C=O) groups excluding carboxylic acids is 1. The zero-order valence-corrected chi connectivity index (χ0v) is 23.0. The van der Waals surface area contributed by atoms with E-state index in [2.05, 4.69) is 10.3 Å². The molecule has 10 nitrogen and oxygen atoms in total. The van der Waals surface area contributed by atoms with Crippen molar-refractivity contribution in [1.29, 1.82) is 0 Å². The fraction of sp³-hybridized carbons (Fsp3) is 0.231. The third-order valence-electron chi connectivity index (χ3n) is 5.63. The van der Waals surface area contributed by atoms with Crippen LogP contribution in [-0.4, -0.2) is 49.8 Å². The molecule has 0 saturated carbocycles. The van der Waals surface area contributed by atoms with Crippen LogP contribution in [-0.2, 0) is 16.1 Å². The molecule has 0 aliphatic heterocycles. The molecule has 0 saturated heterocycles. The van der Waals surface area contributed by atoms with Crippen molar-refractivity contribution in [2.75, 3.05) is 0 Å². The Bertz CT molecular complexity index is 1570. The Labute approximate surface area is 240 Å². The van der Waals surface area contributed by atoms with Crippen LogP contribution in [0.3, 0.4) is 0 Å². The van der Waals surface area contributed by atoms with Gasteiger partial charge in [-0.05, 0) is 37.6 Å². The monoisotopic (exact) mass is 612 g/mol. The van der Waals surface area contributed by atoms with Crippen molar-refractivity contribution in [3.63, 3.8) is 0 Å². The van der Waals surface area contributed by atoms with E-state index in [0.717, 1.165) is 22.2 Å². The molecule has 2 atom stereocenters. The number of ether oxygens (including phenoxy) is 1. The van der Waals surface area contributed by atoms with Gasteiger partial charge in [-0.2, -0.15) is 13.2 Å². The predicted molar refractivity (Wildman–Crippen MR) is 146 cm³/mol. The molecule has 2 aromatic carbocycles. The molecular weight excluding hydrogens is 589 g/mol. The van der Waals surface area contributed by atoms with Crippen molar-refractivity contribution in [2.45, 2.75) is 38.7 Å². The molecular formula is C26H24ClF3N4O6S. The van der Waals surface area contributed by atoms with Crippen molar-refractivity contribution in [3.8, 4) is 10.8 Å². The summed E-state index contributed by atoms with van der Waals surface area (Å²) in [5, 5.41) is 20.5. The van der Waals surface area contributed by atoms with E-state index in [0.29, 0.717) is 27.2 Å². The molecule has 0 bridgehead atoms. The Hall–Kier alpha value is -4.14. The van der Waals surface area contributed by atoms with Crippen LogP contribution in [0.15, 0.2) is 54.9 Å². The molecule has 2 aromatic heterocycles. The topological polar surface area (TPSA) is 157 Å². The van der Waals surface area contributed by atoms with Gasteiger partial charge in [0.15, 0.2) is 0 Å². The van der Waals surface area contributed by atoms with Gasteiger partial charge in [0, 0.05) is 23.2 Å². The normalized spacial score (nSPS) is 12.7. The van der Waals surface area contributed by atoms with E-state index in [1.165, 1.54) is 11.3 Å². The number of aliphatic carboxylic acids is 2. The third-order valence-corrected chi connectivity index (χ3v) is 7.10. The Morgan fingerprint density at radius 3 is 2.39 bits per heavy atom. The zero-order chi connectivity index (χ0) is 30.5. The van der Waals surface area contributed by atoms with Gasteiger partial charge < -0.3 is 26.0 Å². The van der Waals surface area contributed by atoms with Gasteiger partial charge in [-0.25, -0.2) is 9.78 Å². The summed E-state index contributed by atoms with van der Waals surface area (Å²) in [7, 11) is 0. The molecule has 0 aliphatic carbocycles. The maximum atomic E-state index is 12.2. The smallest absolute Gasteiger partial charge is 0.484 e. The number of hydrogen-bond acceptors (Lipinski definition) is 7. The van der Waals surface area contributed by atoms with E-state index in [4.69, 9.17) is 37.1 Å². The standard InChI is InChI=1S/C24H23ClN4O4S.C2HF3O2/c1-13(24(31)32)27-11-15-7-8-18-19(9-15)29(12-28-18)21-10-20(22(34-21)23(26)30)33-14(2)16-5-3-4-6-17(16)25;3-2(4,5)1(6)7/h3-10,12-14,27H,11H2,1-2H3,(H2,26,30)(H,31,32);(H,6,7)/t13-,14+;/m0./s1. The van der Waals surface area contributed by atoms with E-state index in [1.54, 1.807) is 25.4 Å². The number of nitrogens with two attached hydrogens (primary N) is 1. The van der Waals surface area contributed by atoms with E-state index >= 15 is 0 Å². The first-order chi connectivity index (χ1) is 19.2. The summed E-state index contributed by atoms with van der Waals surface area (Å²) in [6.07, 6.45) is -3.82. The van der Waals surface area contributed by atoms with E-state index in [9.17, 15) is 22.8 Å². The largest absolute Gasteiger partial charge is 0.490 e. The van der Waals surface area contributed by atoms with Crippen LogP contribution in [0.25, 0.3) is 16.0 Å². The number of aromatic nitrogens is 2. The van der Waals surface area contributed by atoms with Crippen molar-refractivity contribution in [1.82, 2.24) is 14.9 Å². The average molecular weight is 613 g/mol. The Balaban J connectivity index is 0.000000587. The highest BCUT2D eigenvalue weighted by atomic mass is 35.5. The van der Waals surface area contributed by atoms with Gasteiger partial charge in [-0.15, -0.1) is 11.3 Å². The summed E-state index contributed by atoms with van der Waals surface area (Å²) in [6, 6.07) is 14.1. The Morgan fingerprint density at radius 2 is 1.80 bits per heavy atom. The number of carboxylic acids is 2. The molecule has 0 fully saturated rings. The highest BCUT2D eigenvalue weighted by Crippen LogP contribution is 2.37. The van der Waals surface area contributed by atoms with E-state index in [1.807, 2.05) is 47.9 Å². The van der Waals surface area contributed by atoms with Crippen LogP contribution in [0.5, 0.6) is 5.75 Å². The second kappa shape index (κ2) is 13.0. The average Bonchev–Trinajstić information content (AvgIpc) is 3.51. The zero-order valence-electron chi connectivity index (χ0n) is 21.5. The van der Waals surface area contributed by atoms with Crippen LogP contribution >= 0.6 is 22.9 Å². The second-order valence-corrected chi connectivity index (χ2v) is 10.0. The van der Waals surface area contributed by atoms with Crippen molar-refractivity contribution >= 4 is 51.8 Å². The minimum atomic E-state index is -5.08. The number of halogens is 4. The van der Waals surface area contributed by atoms with Crippen molar-refractivity contribution < 1.29 is 42.5 Å². The number of benzene rings is 2. The molecule has 4 rings (SSSR count). The molecule has 218 valence electrons. The predicted octanol–water partition coefficient (Wildman–Crippen LogP) is 5.18. The number of fused-ring (bicyclic) bond motifs is 1. The van der Waals surface area contributed by atoms with Crippen LogP contribution in [0.1, 0.15) is 40.8 Å². The maximum Gasteiger partial charge on any atom is 0.490 e. The van der Waals surface area contributed by atoms with Gasteiger partial charge in [-0.1, -0.05) is 35.9 Å². The molecule has 2 heterocycles. The van der Waals surface area contributed by atoms with Gasteiger partial charge in [0.1, 0.15) is 34.1 Å². The first-order valence-electron chi connectivity index (χ1n) is 11.8. The van der Waals surface area contributed by atoms with Crippen LogP contribution in [0.4, 0.5) is 13.2 Å². The molecule has 0 aliphatic rings. The number of hydrogen-bond donors (Lipinski definition) is 4. The molecule has 0 unspecified atom stereocenters. The van der Waals surface area contributed by atoms with Crippen molar-refractivity contribution in [3.05, 3.63) is 75.9 Å². The molecule has 15 heteroatoms. The Morgan fingerprint density at radius 1 is 1.15 bits per heavy atom. The molecule has 0 spiro atoms. The second-order valence-electron chi connectivity index (χ2n) is 8.61. The number of nitrogens with zero attached hydrogens (tertiary/aromatic N) is 2. The summed E-state index contributed by atoms with van der Waals surface area (Å²) in [6.45, 7) is 3.83. The summed E-state index contributed by atoms with van der Waals surface area (Å²) in [5.74, 6) is -3.89. The number of thiophene rings is 1. The number of rotatable bonds is 9. The minimum Gasteiger partial charge on any atom is -0.484 e. The number of imidazole rings is 1. The summed E-state index contributed by atoms with van der Waals surface area (Å²) in [5.41, 5.74) is 8.91. The number of nitrogens with one attached hydrogen (secondary N) is 1. The number of alkyl halides is 3. The van der Waals surface area contributed by atoms with Crippen LogP contribution < -0.4 is 15.8 Å². The SMILES string of the molecule is C[C@H](NCc1ccc2ncn(-c3cc(O[C@H](C)c4ccccc4Cl)c(C(N)=O)s3)c2c1)C(=O)O.O=C(O)C(F)(F)F. The third kappa shape index (κ3) is 7.96. The fourth-order valence-electron chi connectivity index (χ4n) is 3.50. The number of carbonyl (C=O) groups is 3. The first kappa shape index (κ1) is 31.4. The first-order valence-corrected chi connectivity index (χ1v) is 13.0. The molecule has 5 N–H and O–H groups in total. The number of carboxylic acid groups (broad SMARTS) is 2. The van der Waals surface area contributed by atoms with Gasteiger partial charge in [0.25, 0.3) is 5.91 Å². The lowest BCUT2D eigenvalue weighted by Gasteiger charge is -2.16. The van der Waals surface area contributed by atoms with Gasteiger partial charge >= 0.3 is 18.1 Å². The lowest BCUT2D eigenvalue weighted by Crippen LogP contribution is -2.33. The number of primary amides is 1. The van der Waals surface area contributed by atoms with Gasteiger partial charge in [0.05, 0.1) is 11.0 Å². The number of amides is 1. The minimum absolute atomic E-state index is 0.295.